The van der Waals surface area contributed by atoms with E-state index in [-0.39, 0.29) is 5.91 Å². The molecule has 0 aromatic carbocycles. The second kappa shape index (κ2) is 3.27. The standard InChI is InChI=1S/C5H6BrN3OS/c1-3(10)7-5-9(2)8-4(6)11-5/h1-2H3. The van der Waals surface area contributed by atoms with Crippen molar-refractivity contribution in [1.82, 2.24) is 9.78 Å². The highest BCUT2D eigenvalue weighted by Crippen LogP contribution is 2.06. The minimum absolute atomic E-state index is 0.211. The van der Waals surface area contributed by atoms with Crippen molar-refractivity contribution < 1.29 is 4.79 Å². The summed E-state index contributed by atoms with van der Waals surface area (Å²) in [4.78, 5) is 14.9. The van der Waals surface area contributed by atoms with Crippen LogP contribution in [0.4, 0.5) is 0 Å². The Kier molecular flexibility index (Phi) is 2.56. The van der Waals surface area contributed by atoms with Gasteiger partial charge in [-0.2, -0.15) is 10.1 Å². The zero-order valence-electron chi connectivity index (χ0n) is 6.04. The predicted octanol–water partition coefficient (Wildman–Crippen LogP) is 0.691. The number of rotatable bonds is 0. The van der Waals surface area contributed by atoms with Crippen LogP contribution in [0.15, 0.2) is 8.91 Å². The molecular formula is C5H6BrN3OS. The average molecular weight is 236 g/mol. The Labute approximate surface area is 75.7 Å². The summed E-state index contributed by atoms with van der Waals surface area (Å²) >= 11 is 4.51. The van der Waals surface area contributed by atoms with E-state index in [4.69, 9.17) is 0 Å². The van der Waals surface area contributed by atoms with E-state index in [1.165, 1.54) is 18.3 Å². The normalized spacial score (nSPS) is 12.1. The molecule has 6 heteroatoms. The Morgan fingerprint density at radius 3 is 2.82 bits per heavy atom. The predicted molar refractivity (Wildman–Crippen MR) is 45.0 cm³/mol. The Hall–Kier alpha value is -0.490. The summed E-state index contributed by atoms with van der Waals surface area (Å²) in [5, 5.41) is 3.97. The van der Waals surface area contributed by atoms with Crippen molar-refractivity contribution in [2.24, 2.45) is 12.0 Å². The second-order valence-corrected chi connectivity index (χ2v) is 4.12. The van der Waals surface area contributed by atoms with Gasteiger partial charge >= 0.3 is 0 Å². The SMILES string of the molecule is CC(=O)N=c1sc(Br)nn1C. The van der Waals surface area contributed by atoms with E-state index in [0.29, 0.717) is 4.80 Å². The van der Waals surface area contributed by atoms with Gasteiger partial charge in [0.2, 0.25) is 10.7 Å². The summed E-state index contributed by atoms with van der Waals surface area (Å²) in [7, 11) is 1.74. The molecule has 0 fully saturated rings. The molecule has 0 aliphatic heterocycles. The van der Waals surface area contributed by atoms with Crippen LogP contribution in [0.1, 0.15) is 6.92 Å². The Bertz CT molecular complexity index is 340. The quantitative estimate of drug-likeness (QED) is 0.665. The van der Waals surface area contributed by atoms with Gasteiger partial charge in [-0.05, 0) is 15.9 Å². The van der Waals surface area contributed by atoms with Gasteiger partial charge in [0.1, 0.15) is 0 Å². The van der Waals surface area contributed by atoms with Crippen molar-refractivity contribution >= 4 is 33.2 Å². The smallest absolute Gasteiger partial charge is 0.245 e. The zero-order valence-corrected chi connectivity index (χ0v) is 8.44. The van der Waals surface area contributed by atoms with E-state index >= 15 is 0 Å². The minimum Gasteiger partial charge on any atom is -0.273 e. The maximum Gasteiger partial charge on any atom is 0.245 e. The molecular weight excluding hydrogens is 230 g/mol. The maximum atomic E-state index is 10.6. The van der Waals surface area contributed by atoms with Gasteiger partial charge in [0.25, 0.3) is 0 Å². The highest BCUT2D eigenvalue weighted by molar-refractivity contribution is 9.11. The molecule has 1 aromatic rings. The van der Waals surface area contributed by atoms with Crippen LogP contribution in [-0.2, 0) is 11.8 Å². The van der Waals surface area contributed by atoms with Gasteiger partial charge < -0.3 is 0 Å². The van der Waals surface area contributed by atoms with E-state index < -0.39 is 0 Å². The number of hydrogen-bond donors (Lipinski definition) is 0. The molecule has 0 saturated carbocycles. The van der Waals surface area contributed by atoms with Crippen LogP contribution < -0.4 is 4.80 Å². The molecule has 60 valence electrons. The average Bonchev–Trinajstić information content (AvgIpc) is 2.09. The third kappa shape index (κ3) is 2.23. The highest BCUT2D eigenvalue weighted by Gasteiger charge is 1.97. The number of nitrogens with zero attached hydrogens (tertiary/aromatic N) is 3. The molecule has 1 aromatic heterocycles. The van der Waals surface area contributed by atoms with Gasteiger partial charge in [-0.15, -0.1) is 0 Å². The van der Waals surface area contributed by atoms with Crippen LogP contribution in [0, 0.1) is 0 Å². The third-order valence-electron chi connectivity index (χ3n) is 0.934. The van der Waals surface area contributed by atoms with E-state index in [9.17, 15) is 4.79 Å². The number of hydrogen-bond acceptors (Lipinski definition) is 3. The summed E-state index contributed by atoms with van der Waals surface area (Å²) in [5.74, 6) is -0.211. The van der Waals surface area contributed by atoms with Gasteiger partial charge in [0.15, 0.2) is 3.92 Å². The van der Waals surface area contributed by atoms with Crippen molar-refractivity contribution in [3.05, 3.63) is 8.72 Å². The Balaban J connectivity index is 3.23. The maximum absolute atomic E-state index is 10.6. The van der Waals surface area contributed by atoms with Gasteiger partial charge in [-0.3, -0.25) is 4.79 Å². The zero-order chi connectivity index (χ0) is 8.43. The molecule has 1 rings (SSSR count). The van der Waals surface area contributed by atoms with Crippen LogP contribution in [0.25, 0.3) is 0 Å². The number of aryl methyl sites for hydroxylation is 1. The molecule has 4 nitrogen and oxygen atoms in total. The van der Waals surface area contributed by atoms with Crippen molar-refractivity contribution in [2.45, 2.75) is 6.92 Å². The molecule has 0 atom stereocenters. The van der Waals surface area contributed by atoms with Crippen molar-refractivity contribution in [3.63, 3.8) is 0 Å². The molecule has 0 bridgehead atoms. The van der Waals surface area contributed by atoms with Gasteiger partial charge in [-0.1, -0.05) is 11.3 Å². The van der Waals surface area contributed by atoms with E-state index in [1.54, 1.807) is 11.7 Å². The lowest BCUT2D eigenvalue weighted by atomic mass is 10.8. The van der Waals surface area contributed by atoms with E-state index in [0.717, 1.165) is 3.92 Å². The van der Waals surface area contributed by atoms with Gasteiger partial charge in [-0.25, -0.2) is 4.68 Å². The summed E-state index contributed by atoms with van der Waals surface area (Å²) in [5.41, 5.74) is 0. The topological polar surface area (TPSA) is 47.2 Å². The molecule has 0 N–H and O–H groups in total. The lowest BCUT2D eigenvalue weighted by Gasteiger charge is -1.83. The largest absolute Gasteiger partial charge is 0.273 e. The summed E-state index contributed by atoms with van der Waals surface area (Å²) in [6.07, 6.45) is 0. The summed E-state index contributed by atoms with van der Waals surface area (Å²) in [6, 6.07) is 0. The van der Waals surface area contributed by atoms with Gasteiger partial charge in [0.05, 0.1) is 0 Å². The third-order valence-corrected chi connectivity index (χ3v) is 2.37. The van der Waals surface area contributed by atoms with Crippen molar-refractivity contribution in [3.8, 4) is 0 Å². The fraction of sp³-hybridized carbons (Fsp3) is 0.400. The molecule has 0 aliphatic carbocycles. The summed E-state index contributed by atoms with van der Waals surface area (Å²) < 4.78 is 2.27. The van der Waals surface area contributed by atoms with Crippen LogP contribution in [0.5, 0.6) is 0 Å². The van der Waals surface area contributed by atoms with Crippen LogP contribution in [0.2, 0.25) is 0 Å². The molecule has 11 heavy (non-hydrogen) atoms. The fourth-order valence-electron chi connectivity index (χ4n) is 0.552. The fourth-order valence-corrected chi connectivity index (χ4v) is 1.89. The van der Waals surface area contributed by atoms with Crippen LogP contribution >= 0.6 is 27.3 Å². The number of amides is 1. The molecule has 0 spiro atoms. The summed E-state index contributed by atoms with van der Waals surface area (Å²) in [6.45, 7) is 1.41. The van der Waals surface area contributed by atoms with Crippen molar-refractivity contribution in [2.75, 3.05) is 0 Å². The van der Waals surface area contributed by atoms with Crippen LogP contribution in [-0.4, -0.2) is 15.7 Å². The van der Waals surface area contributed by atoms with Gasteiger partial charge in [0, 0.05) is 14.0 Å². The molecule has 1 heterocycles. The molecule has 0 aliphatic rings. The first-order chi connectivity index (χ1) is 5.09. The molecule has 0 radical (unpaired) electrons. The monoisotopic (exact) mass is 235 g/mol. The first-order valence-electron chi connectivity index (χ1n) is 2.84. The number of carbonyl (C=O) groups is 1. The van der Waals surface area contributed by atoms with E-state index in [2.05, 4.69) is 26.0 Å². The first kappa shape index (κ1) is 8.61. The lowest BCUT2D eigenvalue weighted by molar-refractivity contribution is -0.116. The molecule has 1 amide bonds. The molecule has 0 saturated heterocycles. The van der Waals surface area contributed by atoms with Crippen LogP contribution in [0.3, 0.4) is 0 Å². The minimum atomic E-state index is -0.211. The lowest BCUT2D eigenvalue weighted by Crippen LogP contribution is -2.13. The van der Waals surface area contributed by atoms with E-state index in [1.807, 2.05) is 0 Å². The Morgan fingerprint density at radius 1 is 1.82 bits per heavy atom. The number of halogens is 1. The first-order valence-corrected chi connectivity index (χ1v) is 4.45. The Morgan fingerprint density at radius 2 is 2.45 bits per heavy atom. The number of aromatic nitrogens is 2. The molecule has 0 unspecified atom stereocenters. The van der Waals surface area contributed by atoms with Crippen molar-refractivity contribution in [1.29, 1.82) is 0 Å². The second-order valence-electron chi connectivity index (χ2n) is 1.89. The highest BCUT2D eigenvalue weighted by atomic mass is 79.9. The number of carbonyl (C=O) groups excluding carboxylic acids is 1.